The fourth-order valence-corrected chi connectivity index (χ4v) is 3.79. The number of fused-ring (bicyclic) bond motifs is 1. The van der Waals surface area contributed by atoms with Crippen LogP contribution in [0.5, 0.6) is 0 Å². The number of nitrogens with one attached hydrogen (secondary N) is 1. The number of amides is 1. The summed E-state index contributed by atoms with van der Waals surface area (Å²) in [5.74, 6) is 0.113. The number of Topliss-reactive ketones (excluding diaryl/α,β-unsaturated/α-hetero) is 1. The lowest BCUT2D eigenvalue weighted by atomic mass is 9.76. The molecular formula is C22H26FNO3. The molecule has 1 N–H and O–H groups in total. The highest BCUT2D eigenvalue weighted by atomic mass is 19.1. The highest BCUT2D eigenvalue weighted by molar-refractivity contribution is 6.03. The molecule has 0 unspecified atom stereocenters. The molecule has 1 amide bonds. The summed E-state index contributed by atoms with van der Waals surface area (Å²) in [5, 5.41) is 2.84. The first-order valence-electron chi connectivity index (χ1n) is 9.20. The van der Waals surface area contributed by atoms with Gasteiger partial charge in [0.25, 0.3) is 5.91 Å². The first-order valence-corrected chi connectivity index (χ1v) is 9.20. The fourth-order valence-electron chi connectivity index (χ4n) is 3.79. The number of ketones is 1. The van der Waals surface area contributed by atoms with Crippen LogP contribution in [-0.4, -0.2) is 18.2 Å². The fraction of sp³-hybridized carbons (Fsp3) is 0.455. The minimum atomic E-state index is -0.584. The van der Waals surface area contributed by atoms with Gasteiger partial charge in [0.05, 0.1) is 5.56 Å². The lowest BCUT2D eigenvalue weighted by molar-refractivity contribution is 0.0886. The maximum absolute atomic E-state index is 14.1. The Morgan fingerprint density at radius 2 is 1.93 bits per heavy atom. The molecule has 27 heavy (non-hydrogen) atoms. The van der Waals surface area contributed by atoms with E-state index in [1.807, 2.05) is 27.7 Å². The number of hydrogen-bond donors (Lipinski definition) is 1. The Hall–Kier alpha value is -2.43. The van der Waals surface area contributed by atoms with Crippen LogP contribution in [0.25, 0.3) is 0 Å². The minimum Gasteiger partial charge on any atom is -0.455 e. The van der Waals surface area contributed by atoms with Gasteiger partial charge < -0.3 is 9.73 Å². The van der Waals surface area contributed by atoms with Crippen molar-refractivity contribution in [1.82, 2.24) is 5.32 Å². The first-order chi connectivity index (χ1) is 12.5. The zero-order valence-electron chi connectivity index (χ0n) is 16.5. The van der Waals surface area contributed by atoms with Crippen molar-refractivity contribution in [1.29, 1.82) is 0 Å². The smallest absolute Gasteiger partial charge is 0.287 e. The molecule has 0 atom stereocenters. The minimum absolute atomic E-state index is 0.0215. The van der Waals surface area contributed by atoms with Gasteiger partial charge in [-0.1, -0.05) is 45.9 Å². The van der Waals surface area contributed by atoms with Gasteiger partial charge in [0, 0.05) is 30.4 Å². The van der Waals surface area contributed by atoms with E-state index in [9.17, 15) is 14.0 Å². The van der Waals surface area contributed by atoms with E-state index >= 15 is 0 Å². The molecule has 0 spiro atoms. The average Bonchev–Trinajstić information content (AvgIpc) is 2.88. The zero-order chi connectivity index (χ0) is 20.0. The van der Waals surface area contributed by atoms with Crippen molar-refractivity contribution in [2.75, 3.05) is 6.54 Å². The van der Waals surface area contributed by atoms with Gasteiger partial charge in [0.1, 0.15) is 11.6 Å². The van der Waals surface area contributed by atoms with E-state index in [-0.39, 0.29) is 35.2 Å². The Bertz CT molecular complexity index is 908. The summed E-state index contributed by atoms with van der Waals surface area (Å²) in [5.41, 5.74) is 0.922. The molecule has 5 heteroatoms. The van der Waals surface area contributed by atoms with Crippen LogP contribution in [0.2, 0.25) is 0 Å². The molecule has 1 heterocycles. The summed E-state index contributed by atoms with van der Waals surface area (Å²) < 4.78 is 19.9. The second kappa shape index (κ2) is 6.63. The van der Waals surface area contributed by atoms with E-state index in [1.165, 1.54) is 6.07 Å². The van der Waals surface area contributed by atoms with Gasteiger partial charge in [-0.3, -0.25) is 9.59 Å². The normalized spacial score (nSPS) is 16.1. The van der Waals surface area contributed by atoms with E-state index in [2.05, 4.69) is 5.32 Å². The van der Waals surface area contributed by atoms with Gasteiger partial charge in [0.2, 0.25) is 0 Å². The van der Waals surface area contributed by atoms with Crippen LogP contribution in [0.1, 0.15) is 71.9 Å². The Kier molecular flexibility index (Phi) is 4.74. The van der Waals surface area contributed by atoms with Crippen LogP contribution in [0.15, 0.2) is 28.7 Å². The number of carbonyl (C=O) groups is 2. The molecule has 1 aliphatic rings. The number of halogens is 1. The quantitative estimate of drug-likeness (QED) is 0.855. The molecular weight excluding hydrogens is 345 g/mol. The molecule has 3 rings (SSSR count). The van der Waals surface area contributed by atoms with Crippen LogP contribution in [-0.2, 0) is 11.8 Å². The SMILES string of the molecule is Cc1c(C(=O)NCC(C)(C)c2ccccc2F)oc2c1C(=O)CC(C)(C)C2. The number of benzene rings is 1. The van der Waals surface area contributed by atoms with Crippen molar-refractivity contribution in [2.24, 2.45) is 5.41 Å². The number of hydrogen-bond acceptors (Lipinski definition) is 3. The predicted molar refractivity (Wildman–Crippen MR) is 102 cm³/mol. The van der Waals surface area contributed by atoms with Crippen molar-refractivity contribution in [2.45, 2.75) is 52.9 Å². The van der Waals surface area contributed by atoms with Gasteiger partial charge in [-0.05, 0) is 24.0 Å². The third kappa shape index (κ3) is 3.68. The van der Waals surface area contributed by atoms with Crippen molar-refractivity contribution in [3.63, 3.8) is 0 Å². The van der Waals surface area contributed by atoms with Crippen molar-refractivity contribution in [3.8, 4) is 0 Å². The number of rotatable bonds is 4. The van der Waals surface area contributed by atoms with Gasteiger partial charge in [-0.15, -0.1) is 0 Å². The van der Waals surface area contributed by atoms with Gasteiger partial charge >= 0.3 is 0 Å². The molecule has 0 bridgehead atoms. The molecule has 0 aliphatic heterocycles. The Morgan fingerprint density at radius 1 is 1.26 bits per heavy atom. The van der Waals surface area contributed by atoms with E-state index in [0.717, 1.165) is 0 Å². The maximum Gasteiger partial charge on any atom is 0.287 e. The molecule has 2 aromatic rings. The number of furan rings is 1. The third-order valence-electron chi connectivity index (χ3n) is 5.28. The van der Waals surface area contributed by atoms with Gasteiger partial charge in [-0.25, -0.2) is 4.39 Å². The van der Waals surface area contributed by atoms with Crippen LogP contribution >= 0.6 is 0 Å². The highest BCUT2D eigenvalue weighted by Crippen LogP contribution is 2.38. The van der Waals surface area contributed by atoms with Gasteiger partial charge in [0.15, 0.2) is 11.5 Å². The summed E-state index contributed by atoms with van der Waals surface area (Å²) in [6.07, 6.45) is 1.07. The van der Waals surface area contributed by atoms with Crippen molar-refractivity contribution in [3.05, 3.63) is 58.3 Å². The summed E-state index contributed by atoms with van der Waals surface area (Å²) in [6.45, 7) is 9.77. The molecule has 0 fully saturated rings. The second-order valence-electron chi connectivity index (χ2n) is 8.84. The van der Waals surface area contributed by atoms with Crippen LogP contribution in [0.3, 0.4) is 0 Å². The molecule has 1 aromatic heterocycles. The van der Waals surface area contributed by atoms with Crippen LogP contribution < -0.4 is 5.32 Å². The van der Waals surface area contributed by atoms with Crippen molar-refractivity contribution < 1.29 is 18.4 Å². The van der Waals surface area contributed by atoms with Crippen LogP contribution in [0.4, 0.5) is 4.39 Å². The summed E-state index contributed by atoms with van der Waals surface area (Å²) in [4.78, 5) is 25.2. The lowest BCUT2D eigenvalue weighted by Crippen LogP contribution is -2.37. The largest absolute Gasteiger partial charge is 0.455 e. The molecule has 1 aromatic carbocycles. The Morgan fingerprint density at radius 3 is 2.59 bits per heavy atom. The van der Waals surface area contributed by atoms with E-state index < -0.39 is 5.41 Å². The summed E-state index contributed by atoms with van der Waals surface area (Å²) in [7, 11) is 0. The molecule has 144 valence electrons. The summed E-state index contributed by atoms with van der Waals surface area (Å²) in [6, 6.07) is 6.55. The third-order valence-corrected chi connectivity index (χ3v) is 5.28. The van der Waals surface area contributed by atoms with E-state index in [0.29, 0.717) is 35.3 Å². The zero-order valence-corrected chi connectivity index (χ0v) is 16.5. The Labute approximate surface area is 159 Å². The van der Waals surface area contributed by atoms with Crippen LogP contribution in [0, 0.1) is 18.2 Å². The lowest BCUT2D eigenvalue weighted by Gasteiger charge is -2.27. The van der Waals surface area contributed by atoms with Gasteiger partial charge in [-0.2, -0.15) is 0 Å². The topological polar surface area (TPSA) is 59.3 Å². The van der Waals surface area contributed by atoms with E-state index in [4.69, 9.17) is 4.42 Å². The molecule has 0 radical (unpaired) electrons. The second-order valence-corrected chi connectivity index (χ2v) is 8.84. The maximum atomic E-state index is 14.1. The molecule has 4 nitrogen and oxygen atoms in total. The highest BCUT2D eigenvalue weighted by Gasteiger charge is 2.37. The number of carbonyl (C=O) groups excluding carboxylic acids is 2. The summed E-state index contributed by atoms with van der Waals surface area (Å²) >= 11 is 0. The monoisotopic (exact) mass is 371 g/mol. The molecule has 0 saturated heterocycles. The average molecular weight is 371 g/mol. The predicted octanol–water partition coefficient (Wildman–Crippen LogP) is 4.59. The van der Waals surface area contributed by atoms with Crippen molar-refractivity contribution >= 4 is 11.7 Å². The molecule has 1 aliphatic carbocycles. The standard InChI is InChI=1S/C22H26FNO3/c1-13-18-16(25)10-21(2,3)11-17(18)27-19(13)20(26)24-12-22(4,5)14-8-6-7-9-15(14)23/h6-9H,10-12H2,1-5H3,(H,24,26). The first kappa shape index (κ1) is 19.3. The van der Waals surface area contributed by atoms with E-state index in [1.54, 1.807) is 25.1 Å². The Balaban J connectivity index is 1.80. The molecule has 0 saturated carbocycles.